The van der Waals surface area contributed by atoms with Gasteiger partial charge in [0.1, 0.15) is 22.8 Å². The zero-order valence-corrected chi connectivity index (χ0v) is 15.1. The highest BCUT2D eigenvalue weighted by molar-refractivity contribution is 7.14. The molecule has 0 saturated heterocycles. The minimum absolute atomic E-state index is 0.141. The average molecular weight is 382 g/mol. The Balaban J connectivity index is 1.77. The summed E-state index contributed by atoms with van der Waals surface area (Å²) in [6.45, 7) is 1.85. The molecular weight excluding hydrogens is 368 g/mol. The molecule has 0 spiro atoms. The summed E-state index contributed by atoms with van der Waals surface area (Å²) in [7, 11) is 0. The lowest BCUT2D eigenvalue weighted by atomic mass is 10.1. The number of ether oxygens (including phenoxy) is 1. The smallest absolute Gasteiger partial charge is 0.313 e. The Bertz CT molecular complexity index is 1080. The summed E-state index contributed by atoms with van der Waals surface area (Å²) in [5.41, 5.74) is 1.29. The number of thiophene rings is 1. The monoisotopic (exact) mass is 382 g/mol. The lowest BCUT2D eigenvalue weighted by Crippen LogP contribution is -2.15. The predicted molar refractivity (Wildman–Crippen MR) is 97.8 cm³/mol. The van der Waals surface area contributed by atoms with Gasteiger partial charge in [-0.15, -0.1) is 11.3 Å². The molecule has 0 atom stereocenters. The molecule has 9 heteroatoms. The van der Waals surface area contributed by atoms with Crippen molar-refractivity contribution in [1.82, 2.24) is 9.38 Å². The largest absolute Gasteiger partial charge is 0.466 e. The molecule has 0 radical (unpaired) electrons. The highest BCUT2D eigenvalue weighted by Gasteiger charge is 2.20. The van der Waals surface area contributed by atoms with E-state index in [1.165, 1.54) is 17.5 Å². The SMILES string of the molecule is CCOC(=O)CC(=O)c1ccsc1NC(=O)c1cn2ccc(C#N)cc2n1. The van der Waals surface area contributed by atoms with E-state index < -0.39 is 24.1 Å². The molecule has 27 heavy (non-hydrogen) atoms. The Labute approximate surface area is 158 Å². The third-order valence-electron chi connectivity index (χ3n) is 3.62. The van der Waals surface area contributed by atoms with Crippen LogP contribution in [0, 0.1) is 11.3 Å². The van der Waals surface area contributed by atoms with Crippen LogP contribution in [0.5, 0.6) is 0 Å². The van der Waals surface area contributed by atoms with Gasteiger partial charge in [0.25, 0.3) is 5.91 Å². The highest BCUT2D eigenvalue weighted by atomic mass is 32.1. The van der Waals surface area contributed by atoms with Crippen LogP contribution in [0.25, 0.3) is 5.65 Å². The Morgan fingerprint density at radius 1 is 1.37 bits per heavy atom. The van der Waals surface area contributed by atoms with Crippen molar-refractivity contribution in [2.24, 2.45) is 0 Å². The van der Waals surface area contributed by atoms with Gasteiger partial charge in [-0.05, 0) is 30.5 Å². The van der Waals surface area contributed by atoms with Crippen LogP contribution in [-0.4, -0.2) is 33.7 Å². The topological polar surface area (TPSA) is 114 Å². The summed E-state index contributed by atoms with van der Waals surface area (Å²) in [5, 5.41) is 13.6. The second-order valence-corrected chi connectivity index (χ2v) is 6.36. The maximum Gasteiger partial charge on any atom is 0.313 e. The molecular formula is C18H14N4O4S. The van der Waals surface area contributed by atoms with Gasteiger partial charge in [0.15, 0.2) is 5.78 Å². The van der Waals surface area contributed by atoms with E-state index in [1.807, 2.05) is 6.07 Å². The van der Waals surface area contributed by atoms with Gasteiger partial charge in [0.05, 0.1) is 23.8 Å². The maximum absolute atomic E-state index is 12.5. The van der Waals surface area contributed by atoms with E-state index in [9.17, 15) is 14.4 Å². The number of aromatic nitrogens is 2. The first-order valence-electron chi connectivity index (χ1n) is 7.98. The van der Waals surface area contributed by atoms with Gasteiger partial charge >= 0.3 is 5.97 Å². The molecule has 0 aliphatic carbocycles. The second kappa shape index (κ2) is 7.80. The number of imidazole rings is 1. The van der Waals surface area contributed by atoms with Crippen LogP contribution in [-0.2, 0) is 9.53 Å². The van der Waals surface area contributed by atoms with Crippen LogP contribution in [0.3, 0.4) is 0 Å². The van der Waals surface area contributed by atoms with E-state index in [-0.39, 0.29) is 17.9 Å². The Morgan fingerprint density at radius 2 is 2.19 bits per heavy atom. The normalized spacial score (nSPS) is 10.4. The lowest BCUT2D eigenvalue weighted by molar-refractivity contribution is -0.141. The van der Waals surface area contributed by atoms with Crippen LogP contribution < -0.4 is 5.32 Å². The van der Waals surface area contributed by atoms with Gasteiger partial charge in [-0.2, -0.15) is 5.26 Å². The minimum Gasteiger partial charge on any atom is -0.466 e. The minimum atomic E-state index is -0.611. The van der Waals surface area contributed by atoms with Gasteiger partial charge in [-0.3, -0.25) is 14.4 Å². The van der Waals surface area contributed by atoms with Crippen LogP contribution in [0.15, 0.2) is 36.0 Å². The molecule has 1 N–H and O–H groups in total. The molecule has 0 saturated carbocycles. The molecule has 0 bridgehead atoms. The van der Waals surface area contributed by atoms with Crippen molar-refractivity contribution >= 4 is 39.6 Å². The predicted octanol–water partition coefficient (Wildman–Crippen LogP) is 2.66. The summed E-state index contributed by atoms with van der Waals surface area (Å²) in [6, 6.07) is 6.74. The van der Waals surface area contributed by atoms with Crippen molar-refractivity contribution in [3.8, 4) is 6.07 Å². The molecule has 3 aromatic heterocycles. The molecule has 3 heterocycles. The molecule has 0 aliphatic heterocycles. The number of carbonyl (C=O) groups excluding carboxylic acids is 3. The van der Waals surface area contributed by atoms with Crippen molar-refractivity contribution in [2.75, 3.05) is 11.9 Å². The van der Waals surface area contributed by atoms with E-state index in [1.54, 1.807) is 41.1 Å². The van der Waals surface area contributed by atoms with Crippen LogP contribution in [0.2, 0.25) is 0 Å². The Hall–Kier alpha value is -3.51. The first kappa shape index (κ1) is 18.3. The van der Waals surface area contributed by atoms with E-state index >= 15 is 0 Å². The molecule has 136 valence electrons. The number of hydrogen-bond donors (Lipinski definition) is 1. The van der Waals surface area contributed by atoms with Crippen molar-refractivity contribution in [3.63, 3.8) is 0 Å². The number of rotatable bonds is 6. The summed E-state index contributed by atoms with van der Waals surface area (Å²) in [6.07, 6.45) is 2.77. The van der Waals surface area contributed by atoms with Gasteiger partial charge in [-0.25, -0.2) is 4.98 Å². The summed E-state index contributed by atoms with van der Waals surface area (Å²) in [4.78, 5) is 40.4. The summed E-state index contributed by atoms with van der Waals surface area (Å²) < 4.78 is 6.40. The zero-order valence-electron chi connectivity index (χ0n) is 14.3. The van der Waals surface area contributed by atoms with Crippen molar-refractivity contribution < 1.29 is 19.1 Å². The van der Waals surface area contributed by atoms with Gasteiger partial charge < -0.3 is 14.5 Å². The fourth-order valence-corrected chi connectivity index (χ4v) is 3.19. The number of nitrogens with one attached hydrogen (secondary N) is 1. The average Bonchev–Trinajstić information content (AvgIpc) is 3.27. The molecule has 0 unspecified atom stereocenters. The molecule has 3 aromatic rings. The number of fused-ring (bicyclic) bond motifs is 1. The number of nitrogens with zero attached hydrogens (tertiary/aromatic N) is 3. The zero-order chi connectivity index (χ0) is 19.4. The standard InChI is InChI=1S/C18H14N4O4S/c1-2-26-16(24)8-14(23)12-4-6-27-18(12)21-17(25)13-10-22-5-3-11(9-19)7-15(22)20-13/h3-7,10H,2,8H2,1H3,(H,21,25). The van der Waals surface area contributed by atoms with Crippen molar-refractivity contribution in [1.29, 1.82) is 5.26 Å². The summed E-state index contributed by atoms with van der Waals surface area (Å²) in [5.74, 6) is -1.54. The van der Waals surface area contributed by atoms with E-state index in [4.69, 9.17) is 10.00 Å². The number of nitriles is 1. The number of Topliss-reactive ketones (excluding diaryl/α,β-unsaturated/α-hetero) is 1. The lowest BCUT2D eigenvalue weighted by Gasteiger charge is -2.04. The van der Waals surface area contributed by atoms with Gasteiger partial charge in [0.2, 0.25) is 0 Å². The Kier molecular flexibility index (Phi) is 5.28. The number of anilines is 1. The number of ketones is 1. The first-order valence-corrected chi connectivity index (χ1v) is 8.86. The van der Waals surface area contributed by atoms with Crippen LogP contribution in [0.4, 0.5) is 5.00 Å². The number of esters is 1. The maximum atomic E-state index is 12.5. The quantitative estimate of drug-likeness (QED) is 0.398. The molecule has 1 amide bonds. The number of pyridine rings is 1. The van der Waals surface area contributed by atoms with E-state index in [0.29, 0.717) is 16.2 Å². The van der Waals surface area contributed by atoms with Gasteiger partial charge in [0, 0.05) is 12.4 Å². The first-order chi connectivity index (χ1) is 13.0. The van der Waals surface area contributed by atoms with Gasteiger partial charge in [-0.1, -0.05) is 0 Å². The molecule has 8 nitrogen and oxygen atoms in total. The third kappa shape index (κ3) is 4.02. The third-order valence-corrected chi connectivity index (χ3v) is 4.45. The van der Waals surface area contributed by atoms with Crippen LogP contribution in [0.1, 0.15) is 39.8 Å². The van der Waals surface area contributed by atoms with Crippen molar-refractivity contribution in [3.05, 3.63) is 52.8 Å². The fraction of sp³-hybridized carbons (Fsp3) is 0.167. The number of carbonyl (C=O) groups is 3. The van der Waals surface area contributed by atoms with E-state index in [2.05, 4.69) is 10.3 Å². The molecule has 3 rings (SSSR count). The van der Waals surface area contributed by atoms with Crippen molar-refractivity contribution in [2.45, 2.75) is 13.3 Å². The Morgan fingerprint density at radius 3 is 2.93 bits per heavy atom. The highest BCUT2D eigenvalue weighted by Crippen LogP contribution is 2.25. The molecule has 0 aromatic carbocycles. The summed E-state index contributed by atoms with van der Waals surface area (Å²) >= 11 is 1.17. The van der Waals surface area contributed by atoms with Crippen LogP contribution >= 0.6 is 11.3 Å². The fourth-order valence-electron chi connectivity index (χ4n) is 2.39. The van der Waals surface area contributed by atoms with E-state index in [0.717, 1.165) is 0 Å². The molecule has 0 aliphatic rings. The molecule has 0 fully saturated rings. The second-order valence-electron chi connectivity index (χ2n) is 5.44. The number of hydrogen-bond acceptors (Lipinski definition) is 7. The number of amides is 1.